The number of rotatable bonds is 8. The number of hydrogen-bond donors (Lipinski definition) is 1. The molecule has 2 aromatic carbocycles. The van der Waals surface area contributed by atoms with Crippen LogP contribution in [0.2, 0.25) is 0 Å². The molecule has 0 unspecified atom stereocenters. The molecule has 4 nitrogen and oxygen atoms in total. The van der Waals surface area contributed by atoms with E-state index in [1.807, 2.05) is 54.6 Å². The van der Waals surface area contributed by atoms with Crippen LogP contribution in [0.1, 0.15) is 17.2 Å². The quantitative estimate of drug-likeness (QED) is 0.599. The van der Waals surface area contributed by atoms with Gasteiger partial charge in [0.05, 0.1) is 13.2 Å². The van der Waals surface area contributed by atoms with Crippen molar-refractivity contribution >= 4 is 0 Å². The highest BCUT2D eigenvalue weighted by molar-refractivity contribution is 5.35. The van der Waals surface area contributed by atoms with Gasteiger partial charge in [0.2, 0.25) is 0 Å². The second-order valence-electron chi connectivity index (χ2n) is 4.55. The van der Waals surface area contributed by atoms with E-state index in [0.717, 1.165) is 11.1 Å². The number of aliphatic hydroxyl groups excluding tert-OH is 1. The Morgan fingerprint density at radius 1 is 0.952 bits per heavy atom. The van der Waals surface area contributed by atoms with Gasteiger partial charge in [0.1, 0.15) is 11.9 Å². The molecule has 0 heterocycles. The summed E-state index contributed by atoms with van der Waals surface area (Å²) in [6.45, 7) is 1.19. The average Bonchev–Trinajstić information content (AvgIpc) is 2.55. The fraction of sp³-hybridized carbons (Fsp3) is 0.294. The fourth-order valence-electron chi connectivity index (χ4n) is 1.91. The predicted octanol–water partition coefficient (Wildman–Crippen LogP) is 2.77. The topological polar surface area (TPSA) is 47.9 Å². The number of hydrogen-bond acceptors (Lipinski definition) is 4. The van der Waals surface area contributed by atoms with E-state index in [-0.39, 0.29) is 6.79 Å². The Bertz CT molecular complexity index is 527. The van der Waals surface area contributed by atoms with Crippen LogP contribution in [0.5, 0.6) is 5.75 Å². The van der Waals surface area contributed by atoms with Crippen LogP contribution in [0.3, 0.4) is 0 Å². The summed E-state index contributed by atoms with van der Waals surface area (Å²) < 4.78 is 15.6. The molecule has 0 saturated heterocycles. The summed E-state index contributed by atoms with van der Waals surface area (Å²) in [5.41, 5.74) is 1.64. The molecule has 4 heteroatoms. The highest BCUT2D eigenvalue weighted by atomic mass is 16.7. The zero-order valence-corrected chi connectivity index (χ0v) is 12.1. The molecule has 0 fully saturated rings. The van der Waals surface area contributed by atoms with Crippen LogP contribution in [0, 0.1) is 0 Å². The summed E-state index contributed by atoms with van der Waals surface area (Å²) in [7, 11) is 1.62. The molecular formula is C17H20O4. The van der Waals surface area contributed by atoms with E-state index in [2.05, 4.69) is 0 Å². The van der Waals surface area contributed by atoms with Crippen molar-refractivity contribution in [3.8, 4) is 5.75 Å². The van der Waals surface area contributed by atoms with Gasteiger partial charge in [0.25, 0.3) is 0 Å². The molecule has 0 aliphatic carbocycles. The molecule has 0 aliphatic heterocycles. The molecular weight excluding hydrogens is 268 g/mol. The summed E-state index contributed by atoms with van der Waals surface area (Å²) in [6.07, 6.45) is -0.663. The predicted molar refractivity (Wildman–Crippen MR) is 80.3 cm³/mol. The van der Waals surface area contributed by atoms with Gasteiger partial charge >= 0.3 is 0 Å². The SMILES string of the molecule is COCCOCOc1cccc([C@H](O)c2ccccc2)c1. The van der Waals surface area contributed by atoms with Gasteiger partial charge in [0.15, 0.2) is 6.79 Å². The number of methoxy groups -OCH3 is 1. The van der Waals surface area contributed by atoms with Crippen LogP contribution < -0.4 is 4.74 Å². The largest absolute Gasteiger partial charge is 0.468 e. The monoisotopic (exact) mass is 288 g/mol. The molecule has 1 N–H and O–H groups in total. The molecule has 21 heavy (non-hydrogen) atoms. The van der Waals surface area contributed by atoms with Crippen molar-refractivity contribution in [2.45, 2.75) is 6.10 Å². The lowest BCUT2D eigenvalue weighted by Gasteiger charge is -2.13. The Morgan fingerprint density at radius 2 is 1.71 bits per heavy atom. The zero-order valence-electron chi connectivity index (χ0n) is 12.1. The Hall–Kier alpha value is -1.88. The van der Waals surface area contributed by atoms with Crippen molar-refractivity contribution in [2.24, 2.45) is 0 Å². The highest BCUT2D eigenvalue weighted by Crippen LogP contribution is 2.24. The van der Waals surface area contributed by atoms with E-state index >= 15 is 0 Å². The van der Waals surface area contributed by atoms with E-state index in [4.69, 9.17) is 14.2 Å². The van der Waals surface area contributed by atoms with Gasteiger partial charge in [-0.2, -0.15) is 0 Å². The summed E-state index contributed by atoms with van der Waals surface area (Å²) >= 11 is 0. The molecule has 2 aromatic rings. The molecule has 2 rings (SSSR count). The number of ether oxygens (including phenoxy) is 3. The first-order valence-corrected chi connectivity index (χ1v) is 6.83. The lowest BCUT2D eigenvalue weighted by Crippen LogP contribution is -2.08. The highest BCUT2D eigenvalue weighted by Gasteiger charge is 2.10. The standard InChI is InChI=1S/C17H20O4/c1-19-10-11-20-13-21-16-9-5-8-15(12-16)17(18)14-6-3-2-4-7-14/h2-9,12,17-18H,10-11,13H2,1H3/t17-/m1/s1. The second kappa shape index (κ2) is 8.42. The zero-order chi connectivity index (χ0) is 14.9. The maximum Gasteiger partial charge on any atom is 0.189 e. The third-order valence-corrected chi connectivity index (χ3v) is 3.03. The second-order valence-corrected chi connectivity index (χ2v) is 4.55. The lowest BCUT2D eigenvalue weighted by molar-refractivity contribution is -0.00855. The Kier molecular flexibility index (Phi) is 6.22. The minimum atomic E-state index is -0.663. The van der Waals surface area contributed by atoms with Gasteiger partial charge in [-0.05, 0) is 23.3 Å². The molecule has 112 valence electrons. The summed E-state index contributed by atoms with van der Waals surface area (Å²) in [4.78, 5) is 0. The van der Waals surface area contributed by atoms with Crippen molar-refractivity contribution in [1.29, 1.82) is 0 Å². The van der Waals surface area contributed by atoms with Crippen LogP contribution in [-0.4, -0.2) is 32.2 Å². The molecule has 0 amide bonds. The molecule has 0 aliphatic rings. The van der Waals surface area contributed by atoms with Crippen LogP contribution in [0.4, 0.5) is 0 Å². The molecule has 0 bridgehead atoms. The van der Waals surface area contributed by atoms with Crippen LogP contribution in [-0.2, 0) is 9.47 Å². The average molecular weight is 288 g/mol. The van der Waals surface area contributed by atoms with Gasteiger partial charge in [0, 0.05) is 7.11 Å². The number of aliphatic hydroxyl groups is 1. The van der Waals surface area contributed by atoms with Crippen LogP contribution in [0.15, 0.2) is 54.6 Å². The number of benzene rings is 2. The van der Waals surface area contributed by atoms with E-state index < -0.39 is 6.10 Å². The van der Waals surface area contributed by atoms with Crippen molar-refractivity contribution in [3.63, 3.8) is 0 Å². The van der Waals surface area contributed by atoms with Gasteiger partial charge in [-0.25, -0.2) is 0 Å². The first-order chi connectivity index (χ1) is 10.3. The van der Waals surface area contributed by atoms with Gasteiger partial charge < -0.3 is 19.3 Å². The maximum atomic E-state index is 10.4. The lowest BCUT2D eigenvalue weighted by atomic mass is 10.0. The van der Waals surface area contributed by atoms with E-state index in [1.165, 1.54) is 0 Å². The fourth-order valence-corrected chi connectivity index (χ4v) is 1.91. The summed E-state index contributed by atoms with van der Waals surface area (Å²) in [6, 6.07) is 16.9. The van der Waals surface area contributed by atoms with Crippen molar-refractivity contribution in [3.05, 3.63) is 65.7 Å². The Morgan fingerprint density at radius 3 is 2.48 bits per heavy atom. The minimum absolute atomic E-state index is 0.161. The third kappa shape index (κ3) is 4.86. The molecule has 0 aromatic heterocycles. The molecule has 0 radical (unpaired) electrons. The Balaban J connectivity index is 1.94. The molecule has 0 saturated carbocycles. The van der Waals surface area contributed by atoms with E-state index in [9.17, 15) is 5.11 Å². The Labute approximate surface area is 124 Å². The van der Waals surface area contributed by atoms with Crippen molar-refractivity contribution in [2.75, 3.05) is 27.1 Å². The normalized spacial score (nSPS) is 12.1. The first-order valence-electron chi connectivity index (χ1n) is 6.83. The molecule has 1 atom stereocenters. The smallest absolute Gasteiger partial charge is 0.189 e. The third-order valence-electron chi connectivity index (χ3n) is 3.03. The van der Waals surface area contributed by atoms with Crippen LogP contribution >= 0.6 is 0 Å². The molecule has 0 spiro atoms. The minimum Gasteiger partial charge on any atom is -0.468 e. The van der Waals surface area contributed by atoms with Crippen LogP contribution in [0.25, 0.3) is 0 Å². The van der Waals surface area contributed by atoms with Gasteiger partial charge in [-0.1, -0.05) is 42.5 Å². The van der Waals surface area contributed by atoms with Crippen molar-refractivity contribution in [1.82, 2.24) is 0 Å². The van der Waals surface area contributed by atoms with E-state index in [0.29, 0.717) is 19.0 Å². The maximum absolute atomic E-state index is 10.4. The van der Waals surface area contributed by atoms with Crippen molar-refractivity contribution < 1.29 is 19.3 Å². The summed E-state index contributed by atoms with van der Waals surface area (Å²) in [5.74, 6) is 0.667. The van der Waals surface area contributed by atoms with Gasteiger partial charge in [-0.3, -0.25) is 0 Å². The first kappa shape index (κ1) is 15.5. The van der Waals surface area contributed by atoms with Gasteiger partial charge in [-0.15, -0.1) is 0 Å². The van der Waals surface area contributed by atoms with E-state index in [1.54, 1.807) is 7.11 Å². The summed E-state index contributed by atoms with van der Waals surface area (Å²) in [5, 5.41) is 10.4.